The second kappa shape index (κ2) is 6.44. The van der Waals surface area contributed by atoms with E-state index in [1.54, 1.807) is 7.11 Å². The maximum Gasteiger partial charge on any atom is 0.125 e. The number of hydrogen-bond acceptors (Lipinski definition) is 2. The molecule has 2 nitrogen and oxygen atoms in total. The Morgan fingerprint density at radius 2 is 2.22 bits per heavy atom. The Kier molecular flexibility index (Phi) is 4.90. The van der Waals surface area contributed by atoms with Gasteiger partial charge in [0.15, 0.2) is 0 Å². The van der Waals surface area contributed by atoms with Gasteiger partial charge in [0, 0.05) is 16.6 Å². The van der Waals surface area contributed by atoms with Crippen LogP contribution in [0, 0.1) is 5.92 Å². The average molecular weight is 268 g/mol. The largest absolute Gasteiger partial charge is 0.496 e. The van der Waals surface area contributed by atoms with Gasteiger partial charge in [-0.1, -0.05) is 43.9 Å². The van der Waals surface area contributed by atoms with Crippen molar-refractivity contribution in [2.45, 2.75) is 38.6 Å². The summed E-state index contributed by atoms with van der Waals surface area (Å²) in [5, 5.41) is 4.30. The van der Waals surface area contributed by atoms with Crippen molar-refractivity contribution in [1.82, 2.24) is 5.32 Å². The molecular weight excluding hydrogens is 246 g/mol. The number of hydrogen-bond donors (Lipinski definition) is 1. The highest BCUT2D eigenvalue weighted by Gasteiger charge is 2.24. The molecule has 18 heavy (non-hydrogen) atoms. The fourth-order valence-electron chi connectivity index (χ4n) is 2.60. The number of benzene rings is 1. The summed E-state index contributed by atoms with van der Waals surface area (Å²) in [6.45, 7) is 3.12. The van der Waals surface area contributed by atoms with Crippen molar-refractivity contribution < 1.29 is 4.74 Å². The van der Waals surface area contributed by atoms with Crippen LogP contribution in [0.3, 0.4) is 0 Å². The molecule has 0 aliphatic heterocycles. The van der Waals surface area contributed by atoms with E-state index in [1.807, 2.05) is 12.1 Å². The minimum Gasteiger partial charge on any atom is -0.496 e. The summed E-state index contributed by atoms with van der Waals surface area (Å²) in [5.74, 6) is 1.77. The lowest BCUT2D eigenvalue weighted by molar-refractivity contribution is 0.259. The number of nitrogens with one attached hydrogen (secondary N) is 1. The van der Waals surface area contributed by atoms with Gasteiger partial charge in [-0.05, 0) is 31.0 Å². The van der Waals surface area contributed by atoms with Crippen LogP contribution in [0.5, 0.6) is 5.75 Å². The lowest BCUT2D eigenvalue weighted by atomic mass is 9.79. The van der Waals surface area contributed by atoms with E-state index < -0.39 is 0 Å². The molecule has 1 N–H and O–H groups in total. The molecule has 2 rings (SSSR count). The van der Waals surface area contributed by atoms with Crippen LogP contribution in [-0.4, -0.2) is 13.7 Å². The van der Waals surface area contributed by atoms with Gasteiger partial charge in [-0.25, -0.2) is 0 Å². The Morgan fingerprint density at radius 3 is 2.78 bits per heavy atom. The molecule has 0 heterocycles. The molecule has 1 unspecified atom stereocenters. The summed E-state index contributed by atoms with van der Waals surface area (Å²) in [4.78, 5) is 0. The van der Waals surface area contributed by atoms with Crippen LogP contribution in [0.4, 0.5) is 0 Å². The van der Waals surface area contributed by atoms with E-state index in [9.17, 15) is 0 Å². The highest BCUT2D eigenvalue weighted by atomic mass is 35.5. The third-order valence-electron chi connectivity index (χ3n) is 3.82. The second-order valence-corrected chi connectivity index (χ2v) is 5.47. The molecule has 1 fully saturated rings. The Hall–Kier alpha value is -0.730. The molecule has 1 aliphatic rings. The molecule has 1 aliphatic carbocycles. The summed E-state index contributed by atoms with van der Waals surface area (Å²) in [6, 6.07) is 6.33. The Bertz CT molecular complexity index is 390. The van der Waals surface area contributed by atoms with Gasteiger partial charge in [-0.3, -0.25) is 0 Å². The second-order valence-electron chi connectivity index (χ2n) is 5.03. The average Bonchev–Trinajstić information content (AvgIpc) is 2.32. The summed E-state index contributed by atoms with van der Waals surface area (Å²) in [7, 11) is 1.71. The first-order valence-corrected chi connectivity index (χ1v) is 7.19. The van der Waals surface area contributed by atoms with Gasteiger partial charge < -0.3 is 10.1 Å². The Labute approximate surface area is 115 Å². The third kappa shape index (κ3) is 3.18. The van der Waals surface area contributed by atoms with Crippen LogP contribution in [0.15, 0.2) is 18.2 Å². The fourth-order valence-corrected chi connectivity index (χ4v) is 2.76. The van der Waals surface area contributed by atoms with Crippen LogP contribution in [-0.2, 0) is 0 Å². The smallest absolute Gasteiger partial charge is 0.125 e. The summed E-state index contributed by atoms with van der Waals surface area (Å²) >= 11 is 6.02. The number of methoxy groups -OCH3 is 1. The maximum absolute atomic E-state index is 6.02. The Balaban J connectivity index is 2.17. The van der Waals surface area contributed by atoms with E-state index in [0.29, 0.717) is 6.04 Å². The van der Waals surface area contributed by atoms with Gasteiger partial charge in [0.2, 0.25) is 0 Å². The molecule has 1 aromatic rings. The van der Waals surface area contributed by atoms with Crippen molar-refractivity contribution in [2.24, 2.45) is 5.92 Å². The molecule has 0 amide bonds. The van der Waals surface area contributed by atoms with Crippen molar-refractivity contribution in [1.29, 1.82) is 0 Å². The van der Waals surface area contributed by atoms with Gasteiger partial charge >= 0.3 is 0 Å². The van der Waals surface area contributed by atoms with E-state index in [2.05, 4.69) is 18.3 Å². The fraction of sp³-hybridized carbons (Fsp3) is 0.600. The molecule has 0 bridgehead atoms. The van der Waals surface area contributed by atoms with Gasteiger partial charge in [-0.15, -0.1) is 0 Å². The Morgan fingerprint density at radius 1 is 1.44 bits per heavy atom. The quantitative estimate of drug-likeness (QED) is 0.834. The van der Waals surface area contributed by atoms with Crippen molar-refractivity contribution in [2.75, 3.05) is 13.7 Å². The molecule has 0 spiro atoms. The predicted octanol–water partition coefficient (Wildman–Crippen LogP) is 4.19. The number of rotatable bonds is 6. The maximum atomic E-state index is 6.02. The summed E-state index contributed by atoms with van der Waals surface area (Å²) in [5.41, 5.74) is 1.23. The SMILES string of the molecule is CCNC(CC1CCC1)c1ccc(Cl)cc1OC. The van der Waals surface area contributed by atoms with Gasteiger partial charge in [0.1, 0.15) is 5.75 Å². The highest BCUT2D eigenvalue weighted by molar-refractivity contribution is 6.30. The molecule has 3 heteroatoms. The molecule has 1 atom stereocenters. The zero-order valence-electron chi connectivity index (χ0n) is 11.2. The van der Waals surface area contributed by atoms with Crippen molar-refractivity contribution >= 4 is 11.6 Å². The van der Waals surface area contributed by atoms with Gasteiger partial charge in [0.25, 0.3) is 0 Å². The topological polar surface area (TPSA) is 21.3 Å². The molecular formula is C15H22ClNO. The monoisotopic (exact) mass is 267 g/mol. The van der Waals surface area contributed by atoms with E-state index in [0.717, 1.165) is 23.2 Å². The van der Waals surface area contributed by atoms with E-state index in [-0.39, 0.29) is 0 Å². The van der Waals surface area contributed by atoms with Crippen LogP contribution >= 0.6 is 11.6 Å². The normalized spacial score (nSPS) is 17.3. The lowest BCUT2D eigenvalue weighted by Gasteiger charge is -2.31. The predicted molar refractivity (Wildman–Crippen MR) is 76.4 cm³/mol. The van der Waals surface area contributed by atoms with Crippen LogP contribution in [0.1, 0.15) is 44.2 Å². The van der Waals surface area contributed by atoms with Crippen molar-refractivity contribution in [3.8, 4) is 5.75 Å². The first-order chi connectivity index (χ1) is 8.74. The van der Waals surface area contributed by atoms with E-state index >= 15 is 0 Å². The molecule has 1 aromatic carbocycles. The summed E-state index contributed by atoms with van der Waals surface area (Å²) < 4.78 is 5.46. The minimum atomic E-state index is 0.382. The first kappa shape index (κ1) is 13.7. The number of halogens is 1. The summed E-state index contributed by atoms with van der Waals surface area (Å²) in [6.07, 6.45) is 5.34. The molecule has 100 valence electrons. The zero-order chi connectivity index (χ0) is 13.0. The van der Waals surface area contributed by atoms with Crippen LogP contribution < -0.4 is 10.1 Å². The van der Waals surface area contributed by atoms with E-state index in [4.69, 9.17) is 16.3 Å². The van der Waals surface area contributed by atoms with Crippen molar-refractivity contribution in [3.05, 3.63) is 28.8 Å². The zero-order valence-corrected chi connectivity index (χ0v) is 12.0. The van der Waals surface area contributed by atoms with E-state index in [1.165, 1.54) is 31.2 Å². The van der Waals surface area contributed by atoms with Crippen LogP contribution in [0.25, 0.3) is 0 Å². The highest BCUT2D eigenvalue weighted by Crippen LogP contribution is 2.37. The van der Waals surface area contributed by atoms with Crippen LogP contribution in [0.2, 0.25) is 5.02 Å². The van der Waals surface area contributed by atoms with Gasteiger partial charge in [-0.2, -0.15) is 0 Å². The number of ether oxygens (including phenoxy) is 1. The third-order valence-corrected chi connectivity index (χ3v) is 4.05. The molecule has 0 aromatic heterocycles. The lowest BCUT2D eigenvalue weighted by Crippen LogP contribution is -2.26. The molecule has 0 saturated heterocycles. The molecule has 1 saturated carbocycles. The first-order valence-electron chi connectivity index (χ1n) is 6.81. The standard InChI is InChI=1S/C15H22ClNO/c1-3-17-14(9-11-5-4-6-11)13-8-7-12(16)10-15(13)18-2/h7-8,10-11,14,17H,3-6,9H2,1-2H3. The van der Waals surface area contributed by atoms with Crippen molar-refractivity contribution in [3.63, 3.8) is 0 Å². The molecule has 0 radical (unpaired) electrons. The van der Waals surface area contributed by atoms with Gasteiger partial charge in [0.05, 0.1) is 7.11 Å². The minimum absolute atomic E-state index is 0.382.